The van der Waals surface area contributed by atoms with Gasteiger partial charge in [0.25, 0.3) is 0 Å². The van der Waals surface area contributed by atoms with Crippen LogP contribution in [0.2, 0.25) is 0 Å². The van der Waals surface area contributed by atoms with Crippen LogP contribution in [0.25, 0.3) is 0 Å². The Labute approximate surface area is 210 Å². The summed E-state index contributed by atoms with van der Waals surface area (Å²) < 4.78 is 40.7. The first kappa shape index (κ1) is 26.6. The Balaban J connectivity index is 1.24. The van der Waals surface area contributed by atoms with Crippen LogP contribution in [0.15, 0.2) is 12.1 Å². The predicted octanol–water partition coefficient (Wildman–Crippen LogP) is 8.38. The van der Waals surface area contributed by atoms with Crippen molar-refractivity contribution in [3.63, 3.8) is 0 Å². The highest BCUT2D eigenvalue weighted by Crippen LogP contribution is 2.41. The molecule has 0 aliphatic heterocycles. The molecule has 0 saturated heterocycles. The molecule has 1 aromatic rings. The normalized spacial score (nSPS) is 31.8. The molecule has 196 valence electrons. The molecule has 4 rings (SSSR count). The number of hydrogen-bond acceptors (Lipinski definition) is 3. The average Bonchev–Trinajstić information content (AvgIpc) is 2.88. The monoisotopic (exact) mass is 490 g/mol. The van der Waals surface area contributed by atoms with Gasteiger partial charge in [-0.05, 0) is 100 Å². The van der Waals surface area contributed by atoms with E-state index in [1.807, 2.05) is 0 Å². The van der Waals surface area contributed by atoms with Crippen molar-refractivity contribution < 1.29 is 23.0 Å². The van der Waals surface area contributed by atoms with Crippen LogP contribution in [0.1, 0.15) is 109 Å². The summed E-state index contributed by atoms with van der Waals surface area (Å²) in [6.45, 7) is 4.59. The van der Waals surface area contributed by atoms with Crippen molar-refractivity contribution in [2.45, 2.75) is 116 Å². The quantitative estimate of drug-likeness (QED) is 0.271. The van der Waals surface area contributed by atoms with Gasteiger partial charge in [-0.15, -0.1) is 0 Å². The van der Waals surface area contributed by atoms with E-state index < -0.39 is 17.6 Å². The van der Waals surface area contributed by atoms with Gasteiger partial charge in [0.05, 0.1) is 18.6 Å². The van der Waals surface area contributed by atoms with Crippen molar-refractivity contribution in [2.24, 2.45) is 29.6 Å². The number of halogens is 2. The van der Waals surface area contributed by atoms with E-state index in [9.17, 15) is 13.6 Å². The molecule has 5 heteroatoms. The molecule has 0 radical (unpaired) electrons. The SMILES string of the molecule is CCCC1CCC(OCc2ccc(OC(=O)C3CCC(C4CCC(C)CC4)CC3)c(F)c2F)CC1. The zero-order valence-electron chi connectivity index (χ0n) is 21.7. The maximum Gasteiger partial charge on any atom is 0.314 e. The number of carbonyl (C=O) groups is 1. The molecule has 0 amide bonds. The standard InChI is InChI=1S/C30H44F2O3/c1-3-4-21-7-16-26(17-8-21)34-19-25-15-18-27(29(32)28(25)31)35-30(33)24-13-11-23(12-14-24)22-9-5-20(2)6-10-22/h15,18,20-24,26H,3-14,16-17,19H2,1-2H3. The minimum atomic E-state index is -1.09. The van der Waals surface area contributed by atoms with Gasteiger partial charge in [-0.1, -0.05) is 39.5 Å². The first-order chi connectivity index (χ1) is 16.9. The summed E-state index contributed by atoms with van der Waals surface area (Å²) in [5, 5.41) is 0. The highest BCUT2D eigenvalue weighted by molar-refractivity contribution is 5.75. The van der Waals surface area contributed by atoms with E-state index in [0.717, 1.165) is 69.1 Å². The second-order valence-corrected chi connectivity index (χ2v) is 11.6. The number of benzene rings is 1. The number of rotatable bonds is 8. The van der Waals surface area contributed by atoms with E-state index >= 15 is 0 Å². The van der Waals surface area contributed by atoms with Crippen LogP contribution in [0, 0.1) is 41.2 Å². The molecule has 0 unspecified atom stereocenters. The lowest BCUT2D eigenvalue weighted by Crippen LogP contribution is -2.30. The smallest absolute Gasteiger partial charge is 0.314 e. The van der Waals surface area contributed by atoms with E-state index in [4.69, 9.17) is 9.47 Å². The van der Waals surface area contributed by atoms with E-state index in [2.05, 4.69) is 13.8 Å². The van der Waals surface area contributed by atoms with E-state index in [-0.39, 0.29) is 29.9 Å². The fraction of sp³-hybridized carbons (Fsp3) is 0.767. The van der Waals surface area contributed by atoms with Crippen molar-refractivity contribution in [3.05, 3.63) is 29.3 Å². The number of ether oxygens (including phenoxy) is 2. The van der Waals surface area contributed by atoms with Gasteiger partial charge < -0.3 is 9.47 Å². The molecular formula is C30H44F2O3. The lowest BCUT2D eigenvalue weighted by atomic mass is 9.69. The second kappa shape index (κ2) is 12.7. The maximum absolute atomic E-state index is 14.7. The molecule has 0 N–H and O–H groups in total. The summed E-state index contributed by atoms with van der Waals surface area (Å²) in [6.07, 6.45) is 15.7. The Bertz CT molecular complexity index is 817. The van der Waals surface area contributed by atoms with Gasteiger partial charge >= 0.3 is 5.97 Å². The average molecular weight is 491 g/mol. The summed E-state index contributed by atoms with van der Waals surface area (Å²) >= 11 is 0. The van der Waals surface area contributed by atoms with Gasteiger partial charge in [0, 0.05) is 5.56 Å². The molecule has 1 aromatic carbocycles. The largest absolute Gasteiger partial charge is 0.423 e. The number of hydrogen-bond donors (Lipinski definition) is 0. The third-order valence-corrected chi connectivity index (χ3v) is 9.13. The van der Waals surface area contributed by atoms with Gasteiger partial charge in [0.2, 0.25) is 5.82 Å². The first-order valence-corrected chi connectivity index (χ1v) is 14.2. The lowest BCUT2D eigenvalue weighted by Gasteiger charge is -2.36. The van der Waals surface area contributed by atoms with Crippen molar-refractivity contribution in [1.82, 2.24) is 0 Å². The van der Waals surface area contributed by atoms with Crippen molar-refractivity contribution in [3.8, 4) is 5.75 Å². The van der Waals surface area contributed by atoms with Crippen molar-refractivity contribution >= 4 is 5.97 Å². The fourth-order valence-electron chi connectivity index (χ4n) is 6.74. The highest BCUT2D eigenvalue weighted by Gasteiger charge is 2.33. The number of esters is 1. The fourth-order valence-corrected chi connectivity index (χ4v) is 6.74. The first-order valence-electron chi connectivity index (χ1n) is 14.2. The second-order valence-electron chi connectivity index (χ2n) is 11.6. The van der Waals surface area contributed by atoms with E-state index in [1.54, 1.807) is 0 Å². The molecule has 0 bridgehead atoms. The molecule has 3 saturated carbocycles. The topological polar surface area (TPSA) is 35.5 Å². The van der Waals surface area contributed by atoms with Crippen LogP contribution in [0.3, 0.4) is 0 Å². The molecule has 3 fully saturated rings. The zero-order valence-corrected chi connectivity index (χ0v) is 21.7. The van der Waals surface area contributed by atoms with E-state index in [0.29, 0.717) is 5.92 Å². The van der Waals surface area contributed by atoms with Crippen LogP contribution in [-0.2, 0) is 16.1 Å². The van der Waals surface area contributed by atoms with Gasteiger partial charge in [0.1, 0.15) is 0 Å². The Morgan fingerprint density at radius 1 is 0.857 bits per heavy atom. The number of carbonyl (C=O) groups excluding carboxylic acids is 1. The van der Waals surface area contributed by atoms with Crippen LogP contribution in [0.4, 0.5) is 8.78 Å². The lowest BCUT2D eigenvalue weighted by molar-refractivity contribution is -0.140. The Morgan fingerprint density at radius 3 is 2.11 bits per heavy atom. The third kappa shape index (κ3) is 7.05. The Hall–Kier alpha value is -1.49. The maximum atomic E-state index is 14.7. The highest BCUT2D eigenvalue weighted by atomic mass is 19.2. The van der Waals surface area contributed by atoms with Gasteiger partial charge in [-0.25, -0.2) is 4.39 Å². The molecule has 3 aliphatic carbocycles. The third-order valence-electron chi connectivity index (χ3n) is 9.13. The summed E-state index contributed by atoms with van der Waals surface area (Å²) in [6, 6.07) is 2.87. The van der Waals surface area contributed by atoms with Crippen LogP contribution in [0.5, 0.6) is 5.75 Å². The summed E-state index contributed by atoms with van der Waals surface area (Å²) in [5.41, 5.74) is 0.181. The Kier molecular flexibility index (Phi) is 9.60. The van der Waals surface area contributed by atoms with Crippen LogP contribution in [-0.4, -0.2) is 12.1 Å². The minimum absolute atomic E-state index is 0.0457. The van der Waals surface area contributed by atoms with Crippen molar-refractivity contribution in [2.75, 3.05) is 0 Å². The van der Waals surface area contributed by atoms with E-state index in [1.165, 1.54) is 50.7 Å². The summed E-state index contributed by atoms with van der Waals surface area (Å²) in [5.74, 6) is 0.0954. The molecule has 3 nitrogen and oxygen atoms in total. The summed E-state index contributed by atoms with van der Waals surface area (Å²) in [4.78, 5) is 12.7. The summed E-state index contributed by atoms with van der Waals surface area (Å²) in [7, 11) is 0. The minimum Gasteiger partial charge on any atom is -0.423 e. The molecule has 3 aliphatic rings. The molecular weight excluding hydrogens is 446 g/mol. The van der Waals surface area contributed by atoms with Gasteiger partial charge in [0.15, 0.2) is 11.6 Å². The molecule has 0 heterocycles. The predicted molar refractivity (Wildman–Crippen MR) is 134 cm³/mol. The molecule has 0 spiro atoms. The molecule has 0 atom stereocenters. The van der Waals surface area contributed by atoms with Gasteiger partial charge in [-0.3, -0.25) is 4.79 Å². The van der Waals surface area contributed by atoms with Gasteiger partial charge in [-0.2, -0.15) is 4.39 Å². The Morgan fingerprint density at radius 2 is 1.49 bits per heavy atom. The molecule has 0 aromatic heterocycles. The zero-order chi connectivity index (χ0) is 24.8. The van der Waals surface area contributed by atoms with Crippen LogP contribution >= 0.6 is 0 Å². The molecule has 35 heavy (non-hydrogen) atoms. The van der Waals surface area contributed by atoms with Crippen LogP contribution < -0.4 is 4.74 Å². The van der Waals surface area contributed by atoms with Crippen molar-refractivity contribution in [1.29, 1.82) is 0 Å².